The van der Waals surface area contributed by atoms with Gasteiger partial charge in [-0.15, -0.1) is 22.7 Å². The number of aromatic nitrogens is 5. The van der Waals surface area contributed by atoms with E-state index in [2.05, 4.69) is 52.4 Å². The van der Waals surface area contributed by atoms with Crippen LogP contribution in [-0.2, 0) is 6.54 Å². The van der Waals surface area contributed by atoms with Crippen LogP contribution in [0, 0.1) is 0 Å². The third-order valence-electron chi connectivity index (χ3n) is 4.87. The van der Waals surface area contributed by atoms with Crippen LogP contribution in [-0.4, -0.2) is 37.6 Å². The van der Waals surface area contributed by atoms with E-state index < -0.39 is 0 Å². The second-order valence-corrected chi connectivity index (χ2v) is 8.15. The summed E-state index contributed by atoms with van der Waals surface area (Å²) >= 11 is 3.35. The molecule has 1 aliphatic heterocycles. The molecule has 0 aromatic carbocycles. The minimum Gasteiger partial charge on any atom is -0.355 e. The topological polar surface area (TPSA) is 59.7 Å². The van der Waals surface area contributed by atoms with Gasteiger partial charge in [-0.3, -0.25) is 0 Å². The highest BCUT2D eigenvalue weighted by atomic mass is 32.1. The van der Waals surface area contributed by atoms with E-state index in [4.69, 9.17) is 0 Å². The maximum Gasteiger partial charge on any atom is 0.150 e. The predicted octanol–water partition coefficient (Wildman–Crippen LogP) is 3.78. The molecule has 26 heavy (non-hydrogen) atoms. The normalized spacial score (nSPS) is 17.8. The average molecular weight is 383 g/mol. The molecule has 1 fully saturated rings. The van der Waals surface area contributed by atoms with Crippen molar-refractivity contribution < 1.29 is 0 Å². The largest absolute Gasteiger partial charge is 0.355 e. The molecule has 0 spiro atoms. The summed E-state index contributed by atoms with van der Waals surface area (Å²) in [6.07, 6.45) is 7.95. The molecule has 0 N–H and O–H groups in total. The SMILES string of the molecule is c1cn(Cc2cscn2)c([C@@H]2CCCN(c3ncnc4ccsc34)C2)n1. The second-order valence-electron chi connectivity index (χ2n) is 6.51. The number of hydrogen-bond acceptors (Lipinski definition) is 7. The van der Waals surface area contributed by atoms with E-state index in [0.717, 1.165) is 55.3 Å². The number of fused-ring (bicyclic) bond motifs is 1. The molecule has 8 heteroatoms. The summed E-state index contributed by atoms with van der Waals surface area (Å²) in [4.78, 5) is 20.5. The number of rotatable bonds is 4. The highest BCUT2D eigenvalue weighted by Crippen LogP contribution is 2.33. The zero-order valence-corrected chi connectivity index (χ0v) is 15.8. The lowest BCUT2D eigenvalue weighted by atomic mass is 9.97. The van der Waals surface area contributed by atoms with E-state index in [9.17, 15) is 0 Å². The van der Waals surface area contributed by atoms with Crippen molar-refractivity contribution in [3.8, 4) is 0 Å². The number of piperidine rings is 1. The van der Waals surface area contributed by atoms with E-state index in [1.807, 2.05) is 11.7 Å². The maximum absolute atomic E-state index is 4.68. The van der Waals surface area contributed by atoms with Gasteiger partial charge in [0.2, 0.25) is 0 Å². The zero-order chi connectivity index (χ0) is 17.3. The summed E-state index contributed by atoms with van der Waals surface area (Å²) in [5.41, 5.74) is 4.01. The molecule has 4 aromatic rings. The first-order chi connectivity index (χ1) is 12.9. The van der Waals surface area contributed by atoms with Crippen LogP contribution in [0.3, 0.4) is 0 Å². The lowest BCUT2D eigenvalue weighted by Crippen LogP contribution is -2.36. The van der Waals surface area contributed by atoms with Gasteiger partial charge in [-0.25, -0.2) is 19.9 Å². The average Bonchev–Trinajstić information content (AvgIpc) is 3.43. The fourth-order valence-electron chi connectivity index (χ4n) is 3.69. The molecular formula is C18H18N6S2. The molecule has 1 saturated heterocycles. The Labute approximate surface area is 159 Å². The molecule has 0 unspecified atom stereocenters. The lowest BCUT2D eigenvalue weighted by Gasteiger charge is -2.33. The van der Waals surface area contributed by atoms with Gasteiger partial charge in [0.1, 0.15) is 18.0 Å². The summed E-state index contributed by atoms with van der Waals surface area (Å²) in [6.45, 7) is 2.77. The van der Waals surface area contributed by atoms with Crippen molar-refractivity contribution in [1.29, 1.82) is 0 Å². The monoisotopic (exact) mass is 382 g/mol. The van der Waals surface area contributed by atoms with Crippen LogP contribution in [0.25, 0.3) is 10.2 Å². The van der Waals surface area contributed by atoms with Gasteiger partial charge in [0.25, 0.3) is 0 Å². The van der Waals surface area contributed by atoms with Crippen LogP contribution < -0.4 is 4.90 Å². The number of anilines is 1. The van der Waals surface area contributed by atoms with Crippen LogP contribution in [0.4, 0.5) is 5.82 Å². The lowest BCUT2D eigenvalue weighted by molar-refractivity contribution is 0.474. The van der Waals surface area contributed by atoms with Crippen LogP contribution >= 0.6 is 22.7 Å². The second kappa shape index (κ2) is 6.77. The van der Waals surface area contributed by atoms with E-state index in [-0.39, 0.29) is 0 Å². The first-order valence-electron chi connectivity index (χ1n) is 8.70. The van der Waals surface area contributed by atoms with E-state index in [1.165, 1.54) is 4.70 Å². The molecule has 5 rings (SSSR count). The highest BCUT2D eigenvalue weighted by Gasteiger charge is 2.26. The van der Waals surface area contributed by atoms with Crippen LogP contribution in [0.2, 0.25) is 0 Å². The van der Waals surface area contributed by atoms with Crippen molar-refractivity contribution in [2.24, 2.45) is 0 Å². The van der Waals surface area contributed by atoms with Gasteiger partial charge in [0.05, 0.1) is 28.0 Å². The summed E-state index contributed by atoms with van der Waals surface area (Å²) < 4.78 is 3.42. The summed E-state index contributed by atoms with van der Waals surface area (Å²) in [6, 6.07) is 2.06. The minimum atomic E-state index is 0.405. The third-order valence-corrected chi connectivity index (χ3v) is 6.41. The fourth-order valence-corrected chi connectivity index (χ4v) is 5.10. The van der Waals surface area contributed by atoms with E-state index in [0.29, 0.717) is 5.92 Å². The Balaban J connectivity index is 1.42. The van der Waals surface area contributed by atoms with Gasteiger partial charge in [-0.1, -0.05) is 0 Å². The summed E-state index contributed by atoms with van der Waals surface area (Å²) in [5, 5.41) is 4.19. The number of imidazole rings is 1. The molecular weight excluding hydrogens is 364 g/mol. The molecule has 0 radical (unpaired) electrons. The van der Waals surface area contributed by atoms with Crippen LogP contribution in [0.1, 0.15) is 30.3 Å². The van der Waals surface area contributed by atoms with Gasteiger partial charge < -0.3 is 9.47 Å². The summed E-state index contributed by atoms with van der Waals surface area (Å²) in [5.74, 6) is 2.62. The fraction of sp³-hybridized carbons (Fsp3) is 0.333. The Morgan fingerprint density at radius 1 is 1.19 bits per heavy atom. The van der Waals surface area contributed by atoms with Crippen molar-refractivity contribution in [3.05, 3.63) is 52.6 Å². The predicted molar refractivity (Wildman–Crippen MR) is 105 cm³/mol. The quantitative estimate of drug-likeness (QED) is 0.538. The summed E-state index contributed by atoms with van der Waals surface area (Å²) in [7, 11) is 0. The molecule has 1 atom stereocenters. The number of thiophene rings is 1. The smallest absolute Gasteiger partial charge is 0.150 e. The Bertz CT molecular complexity index is 1010. The van der Waals surface area contributed by atoms with E-state index >= 15 is 0 Å². The van der Waals surface area contributed by atoms with Crippen molar-refractivity contribution in [2.45, 2.75) is 25.3 Å². The van der Waals surface area contributed by atoms with Crippen molar-refractivity contribution in [1.82, 2.24) is 24.5 Å². The van der Waals surface area contributed by atoms with Crippen LogP contribution in [0.15, 0.2) is 41.1 Å². The van der Waals surface area contributed by atoms with Gasteiger partial charge in [-0.2, -0.15) is 0 Å². The molecule has 132 valence electrons. The minimum absolute atomic E-state index is 0.405. The molecule has 0 bridgehead atoms. The Kier molecular flexibility index (Phi) is 4.14. The van der Waals surface area contributed by atoms with Crippen molar-refractivity contribution >= 4 is 38.7 Å². The van der Waals surface area contributed by atoms with E-state index in [1.54, 1.807) is 29.0 Å². The Morgan fingerprint density at radius 3 is 3.12 bits per heavy atom. The first-order valence-corrected chi connectivity index (χ1v) is 10.5. The number of hydrogen-bond donors (Lipinski definition) is 0. The first kappa shape index (κ1) is 15.9. The number of thiazole rings is 1. The van der Waals surface area contributed by atoms with Crippen molar-refractivity contribution in [2.75, 3.05) is 18.0 Å². The molecule has 6 nitrogen and oxygen atoms in total. The number of nitrogens with zero attached hydrogens (tertiary/aromatic N) is 6. The molecule has 0 saturated carbocycles. The molecule has 4 aromatic heterocycles. The van der Waals surface area contributed by atoms with Crippen molar-refractivity contribution in [3.63, 3.8) is 0 Å². The molecule has 0 aliphatic carbocycles. The standard InChI is InChI=1S/C18H18N6S2/c1-2-13(17-19-4-6-24(17)9-14-10-25-12-22-14)8-23(5-1)18-16-15(3-7-26-16)20-11-21-18/h3-4,6-7,10-13H,1-2,5,8-9H2/t13-/m1/s1. The van der Waals surface area contributed by atoms with Gasteiger partial charge >= 0.3 is 0 Å². The Morgan fingerprint density at radius 2 is 2.19 bits per heavy atom. The molecule has 5 heterocycles. The van der Waals surface area contributed by atoms with Gasteiger partial charge in [-0.05, 0) is 24.3 Å². The maximum atomic E-state index is 4.68. The zero-order valence-electron chi connectivity index (χ0n) is 14.2. The Hall–Kier alpha value is -2.32. The van der Waals surface area contributed by atoms with Gasteiger partial charge in [0, 0.05) is 36.8 Å². The highest BCUT2D eigenvalue weighted by molar-refractivity contribution is 7.17. The molecule has 1 aliphatic rings. The van der Waals surface area contributed by atoms with Gasteiger partial charge in [0.15, 0.2) is 0 Å². The third kappa shape index (κ3) is 2.89. The molecule has 0 amide bonds. The van der Waals surface area contributed by atoms with Crippen LogP contribution in [0.5, 0.6) is 0 Å².